The molecule has 0 aromatic heterocycles. The largest absolute Gasteiger partial charge is 0.303 e. The molecule has 0 saturated heterocycles. The zero-order chi connectivity index (χ0) is 11.7. The molecule has 1 atom stereocenters. The maximum absolute atomic E-state index is 8.94. The van der Waals surface area contributed by atoms with Crippen molar-refractivity contribution in [3.05, 3.63) is 0 Å². The van der Waals surface area contributed by atoms with Crippen LogP contribution in [0.4, 0.5) is 0 Å². The first-order valence-electron chi connectivity index (χ1n) is 5.72. The fourth-order valence-electron chi connectivity index (χ4n) is 1.24. The van der Waals surface area contributed by atoms with Gasteiger partial charge in [-0.2, -0.15) is 17.0 Å². The molecule has 0 bridgehead atoms. The van der Waals surface area contributed by atoms with E-state index >= 15 is 0 Å². The molecular weight excluding hydrogens is 204 g/mol. The van der Waals surface area contributed by atoms with Gasteiger partial charge in [-0.1, -0.05) is 13.8 Å². The Morgan fingerprint density at radius 3 is 2.53 bits per heavy atom. The van der Waals surface area contributed by atoms with Crippen LogP contribution in [0.1, 0.15) is 40.0 Å². The van der Waals surface area contributed by atoms with Crippen molar-refractivity contribution < 1.29 is 0 Å². The highest BCUT2D eigenvalue weighted by molar-refractivity contribution is 7.99. The van der Waals surface area contributed by atoms with Crippen molar-refractivity contribution in [3.63, 3.8) is 0 Å². The molecule has 0 aliphatic rings. The molecule has 0 heterocycles. The Morgan fingerprint density at radius 1 is 1.40 bits per heavy atom. The molecule has 1 unspecified atom stereocenters. The summed E-state index contributed by atoms with van der Waals surface area (Å²) in [7, 11) is 1.86. The lowest BCUT2D eigenvalue weighted by Crippen LogP contribution is -2.37. The van der Waals surface area contributed by atoms with E-state index in [1.54, 1.807) is 0 Å². The quantitative estimate of drug-likeness (QED) is 0.649. The average molecular weight is 228 g/mol. The Morgan fingerprint density at radius 2 is 2.07 bits per heavy atom. The molecule has 0 aromatic carbocycles. The van der Waals surface area contributed by atoms with Gasteiger partial charge < -0.3 is 5.32 Å². The van der Waals surface area contributed by atoms with Crippen LogP contribution in [0.25, 0.3) is 0 Å². The van der Waals surface area contributed by atoms with Crippen LogP contribution in [0.5, 0.6) is 0 Å². The third-order valence-corrected chi connectivity index (χ3v) is 3.94. The van der Waals surface area contributed by atoms with Crippen LogP contribution >= 0.6 is 11.8 Å². The Labute approximate surface area is 98.8 Å². The number of hydrogen-bond donors (Lipinski definition) is 1. The summed E-state index contributed by atoms with van der Waals surface area (Å²) in [6, 6.07) is 2.32. The average Bonchev–Trinajstić information content (AvgIpc) is 2.22. The lowest BCUT2D eigenvalue weighted by Gasteiger charge is -2.20. The zero-order valence-corrected chi connectivity index (χ0v) is 11.3. The van der Waals surface area contributed by atoms with E-state index in [1.807, 2.05) is 25.7 Å². The van der Waals surface area contributed by atoms with Gasteiger partial charge in [-0.15, -0.1) is 0 Å². The van der Waals surface area contributed by atoms with Crippen molar-refractivity contribution in [2.75, 3.05) is 18.6 Å². The summed E-state index contributed by atoms with van der Waals surface area (Å²) in [5.41, 5.74) is -0.331. The lowest BCUT2D eigenvalue weighted by atomic mass is 9.97. The van der Waals surface area contributed by atoms with E-state index in [0.717, 1.165) is 18.8 Å². The van der Waals surface area contributed by atoms with E-state index in [2.05, 4.69) is 25.2 Å². The molecule has 88 valence electrons. The van der Waals surface area contributed by atoms with E-state index < -0.39 is 0 Å². The second-order valence-electron chi connectivity index (χ2n) is 4.62. The second kappa shape index (κ2) is 8.01. The first-order chi connectivity index (χ1) is 7.04. The van der Waals surface area contributed by atoms with Gasteiger partial charge in [0, 0.05) is 0 Å². The van der Waals surface area contributed by atoms with E-state index in [-0.39, 0.29) is 5.54 Å². The number of rotatable bonds is 8. The molecule has 0 spiro atoms. The summed E-state index contributed by atoms with van der Waals surface area (Å²) < 4.78 is 0. The number of unbranched alkanes of at least 4 members (excludes halogenated alkanes) is 1. The highest BCUT2D eigenvalue weighted by atomic mass is 32.2. The van der Waals surface area contributed by atoms with Crippen LogP contribution < -0.4 is 5.32 Å². The van der Waals surface area contributed by atoms with Gasteiger partial charge >= 0.3 is 0 Å². The number of nitrogens with one attached hydrogen (secondary N) is 1. The summed E-state index contributed by atoms with van der Waals surface area (Å²) in [6.07, 6.45) is 3.30. The monoisotopic (exact) mass is 228 g/mol. The molecule has 15 heavy (non-hydrogen) atoms. The Kier molecular flexibility index (Phi) is 7.90. The van der Waals surface area contributed by atoms with Crippen molar-refractivity contribution in [2.24, 2.45) is 5.92 Å². The van der Waals surface area contributed by atoms with Gasteiger partial charge in [-0.3, -0.25) is 0 Å². The summed E-state index contributed by atoms with van der Waals surface area (Å²) in [6.45, 7) is 6.47. The van der Waals surface area contributed by atoms with Crippen LogP contribution in [0, 0.1) is 17.2 Å². The molecule has 0 fully saturated rings. The predicted octanol–water partition coefficient (Wildman–Crippen LogP) is 3.05. The van der Waals surface area contributed by atoms with Gasteiger partial charge in [-0.05, 0) is 50.7 Å². The van der Waals surface area contributed by atoms with Gasteiger partial charge in [0.1, 0.15) is 5.54 Å². The van der Waals surface area contributed by atoms with Gasteiger partial charge in [-0.25, -0.2) is 0 Å². The maximum atomic E-state index is 8.94. The van der Waals surface area contributed by atoms with Crippen molar-refractivity contribution >= 4 is 11.8 Å². The normalized spacial score (nSPS) is 14.9. The SMILES string of the molecule is CNC(C)(C#N)CCCCSCC(C)C. The molecule has 0 aliphatic carbocycles. The van der Waals surface area contributed by atoms with Crippen molar-refractivity contribution in [1.82, 2.24) is 5.32 Å². The second-order valence-corrected chi connectivity index (χ2v) is 5.77. The van der Waals surface area contributed by atoms with Crippen molar-refractivity contribution in [2.45, 2.75) is 45.6 Å². The lowest BCUT2D eigenvalue weighted by molar-refractivity contribution is 0.439. The third-order valence-electron chi connectivity index (χ3n) is 2.47. The minimum Gasteiger partial charge on any atom is -0.303 e. The first-order valence-corrected chi connectivity index (χ1v) is 6.87. The fraction of sp³-hybridized carbons (Fsp3) is 0.917. The fourth-order valence-corrected chi connectivity index (χ4v) is 2.28. The van der Waals surface area contributed by atoms with E-state index in [9.17, 15) is 0 Å². The third kappa shape index (κ3) is 7.70. The van der Waals surface area contributed by atoms with Gasteiger partial charge in [0.25, 0.3) is 0 Å². The molecule has 3 heteroatoms. The highest BCUT2D eigenvalue weighted by Gasteiger charge is 2.19. The summed E-state index contributed by atoms with van der Waals surface area (Å²) >= 11 is 2.02. The van der Waals surface area contributed by atoms with Crippen molar-refractivity contribution in [3.8, 4) is 6.07 Å². The Bertz CT molecular complexity index is 198. The predicted molar refractivity (Wildman–Crippen MR) is 69.1 cm³/mol. The molecule has 0 aromatic rings. The molecular formula is C12H24N2S. The molecule has 0 aliphatic heterocycles. The van der Waals surface area contributed by atoms with E-state index in [0.29, 0.717) is 0 Å². The van der Waals surface area contributed by atoms with Crippen molar-refractivity contribution in [1.29, 1.82) is 5.26 Å². The molecule has 0 amide bonds. The maximum Gasteiger partial charge on any atom is 0.103 e. The van der Waals surface area contributed by atoms with Crippen LogP contribution in [-0.2, 0) is 0 Å². The summed E-state index contributed by atoms with van der Waals surface area (Å²) in [5.74, 6) is 3.27. The summed E-state index contributed by atoms with van der Waals surface area (Å²) in [5, 5.41) is 12.0. The minimum absolute atomic E-state index is 0.331. The Balaban J connectivity index is 3.43. The number of thioether (sulfide) groups is 1. The number of hydrogen-bond acceptors (Lipinski definition) is 3. The standard InChI is InChI=1S/C12H24N2S/c1-11(2)9-15-8-6-5-7-12(3,10-13)14-4/h11,14H,5-9H2,1-4H3. The molecule has 1 N–H and O–H groups in total. The summed E-state index contributed by atoms with van der Waals surface area (Å²) in [4.78, 5) is 0. The Hall–Kier alpha value is -0.200. The van der Waals surface area contributed by atoms with Crippen LogP contribution in [0.15, 0.2) is 0 Å². The van der Waals surface area contributed by atoms with Crippen LogP contribution in [0.3, 0.4) is 0 Å². The smallest absolute Gasteiger partial charge is 0.103 e. The number of nitrogens with zero attached hydrogens (tertiary/aromatic N) is 1. The van der Waals surface area contributed by atoms with Crippen LogP contribution in [0.2, 0.25) is 0 Å². The van der Waals surface area contributed by atoms with Gasteiger partial charge in [0.05, 0.1) is 6.07 Å². The van der Waals surface area contributed by atoms with Crippen LogP contribution in [-0.4, -0.2) is 24.1 Å². The topological polar surface area (TPSA) is 35.8 Å². The number of nitriles is 1. The van der Waals surface area contributed by atoms with E-state index in [1.165, 1.54) is 17.9 Å². The highest BCUT2D eigenvalue weighted by Crippen LogP contribution is 2.15. The van der Waals surface area contributed by atoms with Gasteiger partial charge in [0.15, 0.2) is 0 Å². The molecule has 2 nitrogen and oxygen atoms in total. The molecule has 0 radical (unpaired) electrons. The minimum atomic E-state index is -0.331. The zero-order valence-electron chi connectivity index (χ0n) is 10.5. The first kappa shape index (κ1) is 14.8. The molecule has 0 saturated carbocycles. The van der Waals surface area contributed by atoms with E-state index in [4.69, 9.17) is 5.26 Å². The molecule has 0 rings (SSSR count). The van der Waals surface area contributed by atoms with Gasteiger partial charge in [0.2, 0.25) is 0 Å².